The third kappa shape index (κ3) is 2.36. The van der Waals surface area contributed by atoms with Crippen molar-refractivity contribution in [3.05, 3.63) is 24.0 Å². The SMILES string of the molecule is CN(C)Cc1noc(-c2cccc(O)c2O)n1. The number of benzene rings is 1. The van der Waals surface area contributed by atoms with Crippen molar-refractivity contribution >= 4 is 0 Å². The zero-order chi connectivity index (χ0) is 12.4. The van der Waals surface area contributed by atoms with Gasteiger partial charge in [0, 0.05) is 0 Å². The first-order valence-electron chi connectivity index (χ1n) is 5.06. The molecule has 90 valence electrons. The topological polar surface area (TPSA) is 82.6 Å². The minimum atomic E-state index is -0.257. The fourth-order valence-electron chi connectivity index (χ4n) is 1.41. The van der Waals surface area contributed by atoms with E-state index in [1.165, 1.54) is 6.07 Å². The highest BCUT2D eigenvalue weighted by Gasteiger charge is 2.15. The molecule has 0 fully saturated rings. The monoisotopic (exact) mass is 235 g/mol. The molecule has 1 aromatic carbocycles. The van der Waals surface area contributed by atoms with Gasteiger partial charge in [0.25, 0.3) is 5.89 Å². The standard InChI is InChI=1S/C11H13N3O3/c1-14(2)6-9-12-11(17-13-9)7-4-3-5-8(15)10(7)16/h3-5,15-16H,6H2,1-2H3. The van der Waals surface area contributed by atoms with Crippen LogP contribution in [0.15, 0.2) is 22.7 Å². The van der Waals surface area contributed by atoms with Gasteiger partial charge < -0.3 is 19.6 Å². The minimum absolute atomic E-state index is 0.190. The lowest BCUT2D eigenvalue weighted by atomic mass is 10.2. The van der Waals surface area contributed by atoms with Gasteiger partial charge in [-0.3, -0.25) is 0 Å². The van der Waals surface area contributed by atoms with Crippen molar-refractivity contribution in [1.29, 1.82) is 0 Å². The van der Waals surface area contributed by atoms with Crippen LogP contribution in [0.5, 0.6) is 11.5 Å². The Labute approximate surface area is 98.1 Å². The van der Waals surface area contributed by atoms with Crippen LogP contribution in [-0.4, -0.2) is 39.3 Å². The predicted molar refractivity (Wildman–Crippen MR) is 60.5 cm³/mol. The van der Waals surface area contributed by atoms with E-state index in [9.17, 15) is 10.2 Å². The summed E-state index contributed by atoms with van der Waals surface area (Å²) in [6.45, 7) is 0.545. The van der Waals surface area contributed by atoms with Crippen molar-refractivity contribution in [3.63, 3.8) is 0 Å². The molecule has 2 aromatic rings. The number of phenols is 2. The number of rotatable bonds is 3. The number of hydrogen-bond acceptors (Lipinski definition) is 6. The summed E-state index contributed by atoms with van der Waals surface area (Å²) in [6, 6.07) is 4.58. The first-order chi connectivity index (χ1) is 8.08. The van der Waals surface area contributed by atoms with Crippen LogP contribution in [0.4, 0.5) is 0 Å². The number of hydrogen-bond donors (Lipinski definition) is 2. The Morgan fingerprint density at radius 3 is 2.76 bits per heavy atom. The number of aromatic hydroxyl groups is 2. The molecular weight excluding hydrogens is 222 g/mol. The molecule has 0 aliphatic rings. The Hall–Kier alpha value is -2.08. The molecule has 0 atom stereocenters. The Bertz CT molecular complexity index is 522. The summed E-state index contributed by atoms with van der Waals surface area (Å²) in [5.74, 6) is 0.241. The van der Waals surface area contributed by atoms with E-state index < -0.39 is 0 Å². The molecule has 0 bridgehead atoms. The first kappa shape index (κ1) is 11.4. The Kier molecular flexibility index (Phi) is 2.97. The molecule has 1 heterocycles. The van der Waals surface area contributed by atoms with Gasteiger partial charge in [0.2, 0.25) is 0 Å². The number of nitrogens with zero attached hydrogens (tertiary/aromatic N) is 3. The van der Waals surface area contributed by atoms with Crippen LogP contribution in [-0.2, 0) is 6.54 Å². The van der Waals surface area contributed by atoms with Crippen LogP contribution >= 0.6 is 0 Å². The van der Waals surface area contributed by atoms with E-state index in [0.717, 1.165) is 0 Å². The molecule has 0 spiro atoms. The summed E-state index contributed by atoms with van der Waals surface area (Å²) in [4.78, 5) is 6.03. The molecule has 0 unspecified atom stereocenters. The highest BCUT2D eigenvalue weighted by Crippen LogP contribution is 2.34. The van der Waals surface area contributed by atoms with Gasteiger partial charge in [-0.05, 0) is 26.2 Å². The summed E-state index contributed by atoms with van der Waals surface area (Å²) in [5.41, 5.74) is 0.322. The van der Waals surface area contributed by atoms with Gasteiger partial charge in [0.05, 0.1) is 12.1 Å². The highest BCUT2D eigenvalue weighted by molar-refractivity contribution is 5.66. The van der Waals surface area contributed by atoms with Gasteiger partial charge >= 0.3 is 0 Å². The summed E-state index contributed by atoms with van der Waals surface area (Å²) in [5, 5.41) is 22.8. The van der Waals surface area contributed by atoms with E-state index in [-0.39, 0.29) is 17.4 Å². The second-order valence-corrected chi connectivity index (χ2v) is 3.93. The third-order valence-electron chi connectivity index (χ3n) is 2.17. The second kappa shape index (κ2) is 4.42. The molecule has 0 saturated carbocycles. The predicted octanol–water partition coefficient (Wildman–Crippen LogP) is 1.21. The molecule has 0 radical (unpaired) electrons. The van der Waals surface area contributed by atoms with Crippen LogP contribution < -0.4 is 0 Å². The highest BCUT2D eigenvalue weighted by atomic mass is 16.5. The van der Waals surface area contributed by atoms with Crippen LogP contribution in [0.3, 0.4) is 0 Å². The van der Waals surface area contributed by atoms with Gasteiger partial charge in [0.1, 0.15) is 0 Å². The van der Waals surface area contributed by atoms with Crippen molar-refractivity contribution < 1.29 is 14.7 Å². The molecule has 0 aliphatic heterocycles. The van der Waals surface area contributed by atoms with Gasteiger partial charge in [-0.1, -0.05) is 11.2 Å². The average molecular weight is 235 g/mol. The number of phenolic OH excluding ortho intramolecular Hbond substituents is 2. The van der Waals surface area contributed by atoms with Crippen molar-refractivity contribution in [1.82, 2.24) is 15.0 Å². The average Bonchev–Trinajstić information content (AvgIpc) is 2.69. The van der Waals surface area contributed by atoms with Gasteiger partial charge in [-0.2, -0.15) is 4.98 Å². The maximum atomic E-state index is 9.65. The summed E-state index contributed by atoms with van der Waals surface area (Å²) >= 11 is 0. The van der Waals surface area contributed by atoms with Gasteiger partial charge in [-0.15, -0.1) is 0 Å². The largest absolute Gasteiger partial charge is 0.504 e. The van der Waals surface area contributed by atoms with E-state index in [2.05, 4.69) is 10.1 Å². The molecule has 0 amide bonds. The summed E-state index contributed by atoms with van der Waals surface area (Å²) in [6.07, 6.45) is 0. The zero-order valence-electron chi connectivity index (χ0n) is 9.58. The van der Waals surface area contributed by atoms with Crippen LogP contribution in [0, 0.1) is 0 Å². The fourth-order valence-corrected chi connectivity index (χ4v) is 1.41. The van der Waals surface area contributed by atoms with Crippen molar-refractivity contribution in [2.24, 2.45) is 0 Å². The molecule has 0 saturated heterocycles. The van der Waals surface area contributed by atoms with E-state index >= 15 is 0 Å². The number of aromatic nitrogens is 2. The summed E-state index contributed by atoms with van der Waals surface area (Å²) in [7, 11) is 3.78. The van der Waals surface area contributed by atoms with E-state index in [4.69, 9.17) is 4.52 Å². The molecular formula is C11H13N3O3. The van der Waals surface area contributed by atoms with Crippen molar-refractivity contribution in [2.45, 2.75) is 6.54 Å². The Morgan fingerprint density at radius 2 is 2.06 bits per heavy atom. The van der Waals surface area contributed by atoms with Crippen LogP contribution in [0.2, 0.25) is 0 Å². The molecule has 17 heavy (non-hydrogen) atoms. The molecule has 0 aliphatic carbocycles. The van der Waals surface area contributed by atoms with Crippen molar-refractivity contribution in [3.8, 4) is 23.0 Å². The lowest BCUT2D eigenvalue weighted by molar-refractivity contribution is 0.364. The molecule has 6 nitrogen and oxygen atoms in total. The first-order valence-corrected chi connectivity index (χ1v) is 5.06. The third-order valence-corrected chi connectivity index (χ3v) is 2.17. The van der Waals surface area contributed by atoms with Crippen molar-refractivity contribution in [2.75, 3.05) is 14.1 Å². The minimum Gasteiger partial charge on any atom is -0.504 e. The Morgan fingerprint density at radius 1 is 1.29 bits per heavy atom. The molecule has 2 rings (SSSR count). The molecule has 1 aromatic heterocycles. The Balaban J connectivity index is 2.34. The zero-order valence-corrected chi connectivity index (χ0v) is 9.58. The maximum absolute atomic E-state index is 9.65. The quantitative estimate of drug-likeness (QED) is 0.778. The van der Waals surface area contributed by atoms with E-state index in [1.54, 1.807) is 12.1 Å². The lowest BCUT2D eigenvalue weighted by Gasteiger charge is -2.03. The normalized spacial score (nSPS) is 11.0. The van der Waals surface area contributed by atoms with E-state index in [0.29, 0.717) is 17.9 Å². The van der Waals surface area contributed by atoms with Gasteiger partial charge in [0.15, 0.2) is 17.3 Å². The van der Waals surface area contributed by atoms with Crippen LogP contribution in [0.1, 0.15) is 5.82 Å². The van der Waals surface area contributed by atoms with Crippen LogP contribution in [0.25, 0.3) is 11.5 Å². The maximum Gasteiger partial charge on any atom is 0.261 e. The van der Waals surface area contributed by atoms with E-state index in [1.807, 2.05) is 19.0 Å². The smallest absolute Gasteiger partial charge is 0.261 e. The molecule has 2 N–H and O–H groups in total. The number of para-hydroxylation sites is 1. The second-order valence-electron chi connectivity index (χ2n) is 3.93. The summed E-state index contributed by atoms with van der Waals surface area (Å²) < 4.78 is 5.03. The van der Waals surface area contributed by atoms with Gasteiger partial charge in [-0.25, -0.2) is 0 Å². The molecule has 6 heteroatoms. The lowest BCUT2D eigenvalue weighted by Crippen LogP contribution is -2.11. The fraction of sp³-hybridized carbons (Fsp3) is 0.273.